The maximum atomic E-state index is 13.1. The van der Waals surface area contributed by atoms with Gasteiger partial charge in [0.2, 0.25) is 0 Å². The molecule has 5 N–H and O–H groups in total. The Morgan fingerprint density at radius 2 is 1.80 bits per heavy atom. The van der Waals surface area contributed by atoms with Gasteiger partial charge in [-0.3, -0.25) is 14.8 Å². The molecule has 1 aromatic rings. The van der Waals surface area contributed by atoms with Crippen molar-refractivity contribution in [1.29, 1.82) is 0 Å². The molecule has 0 heterocycles. The number of alkyl halides is 2. The minimum atomic E-state index is -3.34. The highest BCUT2D eigenvalue weighted by Crippen LogP contribution is 2.28. The SMILES string of the molecule is CC(O)(C(F)F)[C@H](NC(=O)c1ccc(C#CC2CCC(CO)CC2)cc1)C(=O)NO. The van der Waals surface area contributed by atoms with E-state index in [1.54, 1.807) is 12.1 Å². The van der Waals surface area contributed by atoms with Gasteiger partial charge >= 0.3 is 0 Å². The molecular weight excluding hydrogens is 398 g/mol. The molecule has 0 radical (unpaired) electrons. The molecule has 1 aliphatic carbocycles. The number of hydrogen-bond acceptors (Lipinski definition) is 5. The number of aliphatic hydroxyl groups excluding tert-OH is 1. The number of aliphatic hydroxyl groups is 2. The first-order valence-corrected chi connectivity index (χ1v) is 9.66. The van der Waals surface area contributed by atoms with E-state index in [0.717, 1.165) is 25.7 Å². The minimum Gasteiger partial charge on any atom is -0.396 e. The molecule has 30 heavy (non-hydrogen) atoms. The molecule has 9 heteroatoms. The zero-order valence-corrected chi connectivity index (χ0v) is 16.6. The van der Waals surface area contributed by atoms with Crippen LogP contribution in [0.5, 0.6) is 0 Å². The second-order valence-electron chi connectivity index (χ2n) is 7.66. The highest BCUT2D eigenvalue weighted by molar-refractivity contribution is 5.97. The molecule has 2 rings (SSSR count). The first-order chi connectivity index (χ1) is 14.2. The van der Waals surface area contributed by atoms with Crippen molar-refractivity contribution < 1.29 is 33.8 Å². The van der Waals surface area contributed by atoms with Crippen LogP contribution in [0.3, 0.4) is 0 Å². The Morgan fingerprint density at radius 1 is 1.20 bits per heavy atom. The minimum absolute atomic E-state index is 0.0739. The lowest BCUT2D eigenvalue weighted by molar-refractivity contribution is -0.149. The van der Waals surface area contributed by atoms with Crippen LogP contribution in [0.15, 0.2) is 24.3 Å². The van der Waals surface area contributed by atoms with Gasteiger partial charge in [0.1, 0.15) is 6.04 Å². The quantitative estimate of drug-likeness (QED) is 0.269. The predicted molar refractivity (Wildman–Crippen MR) is 104 cm³/mol. The second kappa shape index (κ2) is 10.5. The Hall–Kier alpha value is -2.54. The molecule has 2 amide bonds. The first-order valence-electron chi connectivity index (χ1n) is 9.66. The molecule has 164 valence electrons. The standard InChI is InChI=1S/C21H26F2N2O5/c1-21(29,20(22)23)17(19(28)25-30)24-18(27)16-10-8-14(9-11-16)3-2-13-4-6-15(12-26)7-5-13/h8-11,13,15,17,20,26,29-30H,4-7,12H2,1H3,(H,24,27)(H,25,28)/t13?,15?,17-,21?/m1/s1. The smallest absolute Gasteiger partial charge is 0.269 e. The van der Waals surface area contributed by atoms with Crippen molar-refractivity contribution in [2.45, 2.75) is 50.7 Å². The third-order valence-corrected chi connectivity index (χ3v) is 5.35. The summed E-state index contributed by atoms with van der Waals surface area (Å²) in [5, 5.41) is 29.8. The van der Waals surface area contributed by atoms with Crippen LogP contribution in [0.1, 0.15) is 48.5 Å². The van der Waals surface area contributed by atoms with Crippen molar-refractivity contribution in [3.8, 4) is 11.8 Å². The Morgan fingerprint density at radius 3 is 2.30 bits per heavy atom. The summed E-state index contributed by atoms with van der Waals surface area (Å²) >= 11 is 0. The number of nitrogens with one attached hydrogen (secondary N) is 2. The summed E-state index contributed by atoms with van der Waals surface area (Å²) < 4.78 is 26.1. The Kier molecular flexibility index (Phi) is 8.29. The average Bonchev–Trinajstić information content (AvgIpc) is 2.75. The fraction of sp³-hybridized carbons (Fsp3) is 0.524. The van der Waals surface area contributed by atoms with Crippen LogP contribution in [-0.4, -0.2) is 51.9 Å². The van der Waals surface area contributed by atoms with E-state index in [4.69, 9.17) is 5.21 Å². The van der Waals surface area contributed by atoms with Gasteiger partial charge in [0, 0.05) is 23.7 Å². The molecule has 1 fully saturated rings. The van der Waals surface area contributed by atoms with Gasteiger partial charge in [-0.15, -0.1) is 0 Å². The van der Waals surface area contributed by atoms with Crippen LogP contribution in [0.25, 0.3) is 0 Å². The van der Waals surface area contributed by atoms with Crippen LogP contribution in [-0.2, 0) is 4.79 Å². The molecule has 1 saturated carbocycles. The lowest BCUT2D eigenvalue weighted by atomic mass is 9.83. The van der Waals surface area contributed by atoms with Gasteiger partial charge in [-0.1, -0.05) is 11.8 Å². The van der Waals surface area contributed by atoms with Gasteiger partial charge < -0.3 is 15.5 Å². The lowest BCUT2D eigenvalue weighted by Gasteiger charge is -2.30. The van der Waals surface area contributed by atoms with E-state index >= 15 is 0 Å². The summed E-state index contributed by atoms with van der Waals surface area (Å²) in [5.74, 6) is 4.60. The number of rotatable bonds is 6. The fourth-order valence-electron chi connectivity index (χ4n) is 3.26. The monoisotopic (exact) mass is 424 g/mol. The van der Waals surface area contributed by atoms with E-state index in [1.807, 2.05) is 5.32 Å². The Labute approximate surface area is 173 Å². The van der Waals surface area contributed by atoms with Crippen LogP contribution < -0.4 is 10.8 Å². The van der Waals surface area contributed by atoms with Gasteiger partial charge in [-0.25, -0.2) is 14.3 Å². The predicted octanol–water partition coefficient (Wildman–Crippen LogP) is 1.46. The Balaban J connectivity index is 2.04. The number of carbonyl (C=O) groups is 2. The van der Waals surface area contributed by atoms with Crippen LogP contribution >= 0.6 is 0 Å². The Bertz CT molecular complexity index is 794. The number of carbonyl (C=O) groups excluding carboxylic acids is 2. The third kappa shape index (κ3) is 5.98. The summed E-state index contributed by atoms with van der Waals surface area (Å²) in [4.78, 5) is 24.0. The lowest BCUT2D eigenvalue weighted by Crippen LogP contribution is -2.61. The number of benzene rings is 1. The van der Waals surface area contributed by atoms with Crippen molar-refractivity contribution >= 4 is 11.8 Å². The van der Waals surface area contributed by atoms with E-state index in [2.05, 4.69) is 11.8 Å². The molecule has 0 bridgehead atoms. The van der Waals surface area contributed by atoms with Crippen molar-refractivity contribution in [1.82, 2.24) is 10.8 Å². The molecule has 1 aliphatic rings. The molecule has 1 aromatic carbocycles. The maximum Gasteiger partial charge on any atom is 0.269 e. The third-order valence-electron chi connectivity index (χ3n) is 5.35. The number of hydrogen-bond donors (Lipinski definition) is 5. The summed E-state index contributed by atoms with van der Waals surface area (Å²) in [7, 11) is 0. The highest BCUT2D eigenvalue weighted by Gasteiger charge is 2.46. The summed E-state index contributed by atoms with van der Waals surface area (Å²) in [6.45, 7) is 0.891. The van der Waals surface area contributed by atoms with E-state index in [0.29, 0.717) is 18.4 Å². The van der Waals surface area contributed by atoms with Crippen molar-refractivity contribution in [3.63, 3.8) is 0 Å². The first kappa shape index (κ1) is 23.7. The van der Waals surface area contributed by atoms with Crippen molar-refractivity contribution in [3.05, 3.63) is 35.4 Å². The zero-order valence-electron chi connectivity index (χ0n) is 16.6. The van der Waals surface area contributed by atoms with Crippen molar-refractivity contribution in [2.24, 2.45) is 11.8 Å². The fourth-order valence-corrected chi connectivity index (χ4v) is 3.26. The van der Waals surface area contributed by atoms with E-state index < -0.39 is 29.9 Å². The largest absolute Gasteiger partial charge is 0.396 e. The molecule has 1 unspecified atom stereocenters. The van der Waals surface area contributed by atoms with Gasteiger partial charge in [0.05, 0.1) is 0 Å². The van der Waals surface area contributed by atoms with E-state index in [-0.39, 0.29) is 18.1 Å². The number of halogens is 2. The van der Waals surface area contributed by atoms with Gasteiger partial charge in [0.15, 0.2) is 5.60 Å². The van der Waals surface area contributed by atoms with Crippen LogP contribution in [0.4, 0.5) is 8.78 Å². The maximum absolute atomic E-state index is 13.1. The van der Waals surface area contributed by atoms with Gasteiger partial charge in [0.25, 0.3) is 18.2 Å². The molecule has 2 atom stereocenters. The van der Waals surface area contributed by atoms with Gasteiger partial charge in [-0.05, 0) is 62.8 Å². The molecule has 0 aromatic heterocycles. The van der Waals surface area contributed by atoms with Crippen molar-refractivity contribution in [2.75, 3.05) is 6.61 Å². The average molecular weight is 424 g/mol. The second-order valence-corrected chi connectivity index (χ2v) is 7.66. The zero-order chi connectivity index (χ0) is 22.3. The van der Waals surface area contributed by atoms with E-state index in [1.165, 1.54) is 17.6 Å². The summed E-state index contributed by atoms with van der Waals surface area (Å²) in [5.41, 5.74) is -0.978. The topological polar surface area (TPSA) is 119 Å². The number of hydroxylamine groups is 1. The normalized spacial score (nSPS) is 21.7. The van der Waals surface area contributed by atoms with Crippen LogP contribution in [0.2, 0.25) is 0 Å². The highest BCUT2D eigenvalue weighted by atomic mass is 19.3. The molecule has 0 spiro atoms. The molecule has 0 aliphatic heterocycles. The summed E-state index contributed by atoms with van der Waals surface area (Å²) in [6.07, 6.45) is 0.402. The summed E-state index contributed by atoms with van der Waals surface area (Å²) in [6, 6.07) is 3.96. The van der Waals surface area contributed by atoms with E-state index in [9.17, 15) is 28.6 Å². The number of amides is 2. The van der Waals surface area contributed by atoms with Gasteiger partial charge in [-0.2, -0.15) is 0 Å². The molecule has 7 nitrogen and oxygen atoms in total. The molecule has 0 saturated heterocycles. The molecular formula is C21H26F2N2O5. The van der Waals surface area contributed by atoms with Crippen LogP contribution in [0, 0.1) is 23.7 Å².